The molecule has 0 aliphatic heterocycles. The summed E-state index contributed by atoms with van der Waals surface area (Å²) in [6.45, 7) is 10.3. The van der Waals surface area contributed by atoms with Gasteiger partial charge in [0.1, 0.15) is 5.84 Å². The first-order valence-electron chi connectivity index (χ1n) is 6.21. The number of likely N-dealkylation sites (N-methyl/N-ethyl adjacent to an activating group) is 1. The van der Waals surface area contributed by atoms with Gasteiger partial charge in [-0.2, -0.15) is 0 Å². The average molecular weight is 244 g/mol. The van der Waals surface area contributed by atoms with Crippen molar-refractivity contribution in [3.8, 4) is 0 Å². The van der Waals surface area contributed by atoms with Crippen LogP contribution in [0.1, 0.15) is 20.8 Å². The summed E-state index contributed by atoms with van der Waals surface area (Å²) in [4.78, 5) is 4.54. The molecule has 5 heteroatoms. The molecule has 0 heterocycles. The minimum absolute atomic E-state index is 0.0842. The number of oxime groups is 1. The van der Waals surface area contributed by atoms with Crippen LogP contribution < -0.4 is 5.73 Å². The summed E-state index contributed by atoms with van der Waals surface area (Å²) in [7, 11) is 4.14. The molecule has 17 heavy (non-hydrogen) atoms. The maximum Gasteiger partial charge on any atom is 0.143 e. The third-order valence-corrected chi connectivity index (χ3v) is 2.64. The van der Waals surface area contributed by atoms with E-state index in [2.05, 4.69) is 42.9 Å². The van der Waals surface area contributed by atoms with Crippen LogP contribution in [0.25, 0.3) is 0 Å². The van der Waals surface area contributed by atoms with E-state index >= 15 is 0 Å². The van der Waals surface area contributed by atoms with Gasteiger partial charge in [0.25, 0.3) is 0 Å². The Labute approximate surface area is 105 Å². The van der Waals surface area contributed by atoms with Crippen molar-refractivity contribution in [2.75, 3.05) is 40.3 Å². The Bertz CT molecular complexity index is 229. The molecule has 0 radical (unpaired) electrons. The van der Waals surface area contributed by atoms with Crippen molar-refractivity contribution in [3.05, 3.63) is 0 Å². The molecular formula is C12H28N4O. The first-order valence-corrected chi connectivity index (χ1v) is 6.21. The lowest BCUT2D eigenvalue weighted by atomic mass is 10.1. The molecule has 0 aromatic carbocycles. The fraction of sp³-hybridized carbons (Fsp3) is 0.917. The van der Waals surface area contributed by atoms with Gasteiger partial charge in [-0.15, -0.1) is 0 Å². The van der Waals surface area contributed by atoms with E-state index in [-0.39, 0.29) is 5.92 Å². The molecule has 3 N–H and O–H groups in total. The van der Waals surface area contributed by atoms with Gasteiger partial charge in [0.15, 0.2) is 0 Å². The quantitative estimate of drug-likeness (QED) is 0.288. The van der Waals surface area contributed by atoms with Crippen LogP contribution in [0.4, 0.5) is 0 Å². The van der Waals surface area contributed by atoms with E-state index in [1.165, 1.54) is 0 Å². The van der Waals surface area contributed by atoms with Crippen molar-refractivity contribution in [1.29, 1.82) is 0 Å². The molecule has 0 spiro atoms. The first kappa shape index (κ1) is 16.2. The van der Waals surface area contributed by atoms with Gasteiger partial charge in [-0.05, 0) is 20.0 Å². The van der Waals surface area contributed by atoms with Gasteiger partial charge in [-0.3, -0.25) is 0 Å². The van der Waals surface area contributed by atoms with E-state index in [4.69, 9.17) is 10.9 Å². The zero-order chi connectivity index (χ0) is 13.4. The third-order valence-electron chi connectivity index (χ3n) is 2.64. The topological polar surface area (TPSA) is 65.1 Å². The zero-order valence-electron chi connectivity index (χ0n) is 11.8. The van der Waals surface area contributed by atoms with Gasteiger partial charge in [0.2, 0.25) is 0 Å². The van der Waals surface area contributed by atoms with Crippen LogP contribution in [0.2, 0.25) is 0 Å². The molecule has 0 saturated carbocycles. The standard InChI is InChI=1S/C12H28N4O/c1-10(2)8-16(7-6-15(4)5)9-11(3)12(13)14-17/h10-11,17H,6-9H2,1-5H3,(H2,13,14). The molecule has 0 aliphatic carbocycles. The second-order valence-electron chi connectivity index (χ2n) is 5.38. The fourth-order valence-electron chi connectivity index (χ4n) is 1.69. The van der Waals surface area contributed by atoms with E-state index in [1.54, 1.807) is 0 Å². The lowest BCUT2D eigenvalue weighted by Gasteiger charge is -2.28. The van der Waals surface area contributed by atoms with Gasteiger partial charge in [-0.1, -0.05) is 25.9 Å². The van der Waals surface area contributed by atoms with E-state index in [0.717, 1.165) is 26.2 Å². The second kappa shape index (κ2) is 8.31. The summed E-state index contributed by atoms with van der Waals surface area (Å²) in [5, 5.41) is 11.7. The summed E-state index contributed by atoms with van der Waals surface area (Å²) in [6.07, 6.45) is 0. The van der Waals surface area contributed by atoms with Crippen LogP contribution in [0.5, 0.6) is 0 Å². The fourth-order valence-corrected chi connectivity index (χ4v) is 1.69. The molecule has 1 unspecified atom stereocenters. The van der Waals surface area contributed by atoms with Crippen LogP contribution in [-0.4, -0.2) is 61.1 Å². The molecule has 0 aromatic rings. The van der Waals surface area contributed by atoms with Gasteiger partial charge < -0.3 is 20.7 Å². The van der Waals surface area contributed by atoms with Crippen molar-refractivity contribution in [2.45, 2.75) is 20.8 Å². The molecule has 0 saturated heterocycles. The van der Waals surface area contributed by atoms with Gasteiger partial charge >= 0.3 is 0 Å². The highest BCUT2D eigenvalue weighted by atomic mass is 16.4. The number of hydrogen-bond donors (Lipinski definition) is 2. The predicted molar refractivity (Wildman–Crippen MR) is 72.4 cm³/mol. The number of hydrogen-bond acceptors (Lipinski definition) is 4. The van der Waals surface area contributed by atoms with Crippen molar-refractivity contribution < 1.29 is 5.21 Å². The Morgan fingerprint density at radius 3 is 2.18 bits per heavy atom. The van der Waals surface area contributed by atoms with Crippen LogP contribution in [0.3, 0.4) is 0 Å². The average Bonchev–Trinajstić information content (AvgIpc) is 2.23. The second-order valence-corrected chi connectivity index (χ2v) is 5.38. The molecule has 0 bridgehead atoms. The van der Waals surface area contributed by atoms with Gasteiger partial charge in [0.05, 0.1) is 0 Å². The lowest BCUT2D eigenvalue weighted by molar-refractivity contribution is 0.207. The van der Waals surface area contributed by atoms with E-state index < -0.39 is 0 Å². The molecule has 102 valence electrons. The molecule has 0 fully saturated rings. The van der Waals surface area contributed by atoms with Crippen LogP contribution in [0, 0.1) is 11.8 Å². The third kappa shape index (κ3) is 7.99. The van der Waals surface area contributed by atoms with Crippen molar-refractivity contribution in [2.24, 2.45) is 22.7 Å². The van der Waals surface area contributed by atoms with Gasteiger partial charge in [0, 0.05) is 32.1 Å². The highest BCUT2D eigenvalue weighted by Crippen LogP contribution is 2.04. The minimum atomic E-state index is 0.0842. The largest absolute Gasteiger partial charge is 0.409 e. The molecule has 0 aliphatic rings. The summed E-state index contributed by atoms with van der Waals surface area (Å²) < 4.78 is 0. The Kier molecular flexibility index (Phi) is 7.91. The first-order chi connectivity index (χ1) is 7.86. The van der Waals surface area contributed by atoms with E-state index in [1.807, 2.05) is 6.92 Å². The minimum Gasteiger partial charge on any atom is -0.409 e. The summed E-state index contributed by atoms with van der Waals surface area (Å²) in [6, 6.07) is 0. The van der Waals surface area contributed by atoms with E-state index in [0.29, 0.717) is 11.8 Å². The SMILES string of the molecule is CC(C)CN(CCN(C)C)CC(C)C(N)=NO. The maximum atomic E-state index is 8.65. The molecule has 0 amide bonds. The van der Waals surface area contributed by atoms with Crippen LogP contribution in [-0.2, 0) is 0 Å². The number of rotatable bonds is 8. The number of amidine groups is 1. The molecule has 5 nitrogen and oxygen atoms in total. The highest BCUT2D eigenvalue weighted by Gasteiger charge is 2.14. The summed E-state index contributed by atoms with van der Waals surface area (Å²) >= 11 is 0. The van der Waals surface area contributed by atoms with Gasteiger partial charge in [-0.25, -0.2) is 0 Å². The van der Waals surface area contributed by atoms with Crippen molar-refractivity contribution in [1.82, 2.24) is 9.80 Å². The summed E-state index contributed by atoms with van der Waals surface area (Å²) in [5.41, 5.74) is 5.61. The number of nitrogens with zero attached hydrogens (tertiary/aromatic N) is 3. The Morgan fingerprint density at radius 1 is 1.18 bits per heavy atom. The van der Waals surface area contributed by atoms with Crippen molar-refractivity contribution in [3.63, 3.8) is 0 Å². The maximum absolute atomic E-state index is 8.65. The Morgan fingerprint density at radius 2 is 1.76 bits per heavy atom. The van der Waals surface area contributed by atoms with Crippen LogP contribution in [0.15, 0.2) is 5.16 Å². The number of nitrogens with two attached hydrogens (primary N) is 1. The molecule has 1 atom stereocenters. The highest BCUT2D eigenvalue weighted by molar-refractivity contribution is 5.82. The zero-order valence-corrected chi connectivity index (χ0v) is 11.8. The van der Waals surface area contributed by atoms with Crippen LogP contribution >= 0.6 is 0 Å². The lowest BCUT2D eigenvalue weighted by Crippen LogP contribution is -2.40. The molecule has 0 aromatic heterocycles. The normalized spacial score (nSPS) is 14.9. The monoisotopic (exact) mass is 244 g/mol. The Hall–Kier alpha value is -0.810. The Balaban J connectivity index is 4.27. The van der Waals surface area contributed by atoms with E-state index in [9.17, 15) is 0 Å². The molecule has 0 rings (SSSR count). The predicted octanol–water partition coefficient (Wildman–Crippen LogP) is 0.889. The van der Waals surface area contributed by atoms with Crippen molar-refractivity contribution >= 4 is 5.84 Å². The summed E-state index contributed by atoms with van der Waals surface area (Å²) in [5.74, 6) is 1.01. The molecular weight excluding hydrogens is 216 g/mol. The smallest absolute Gasteiger partial charge is 0.143 e.